The molecule has 2 aliphatic rings. The van der Waals surface area contributed by atoms with E-state index in [2.05, 4.69) is 9.71 Å². The fraction of sp³-hybridized carbons (Fsp3) is 0.615. The van der Waals surface area contributed by atoms with E-state index < -0.39 is 10.0 Å². The molecule has 0 amide bonds. The molecular weight excluding hydrogens is 248 g/mol. The van der Waals surface area contributed by atoms with Crippen molar-refractivity contribution in [3.05, 3.63) is 24.5 Å². The molecule has 2 saturated carbocycles. The molecule has 0 bridgehead atoms. The van der Waals surface area contributed by atoms with E-state index in [1.165, 1.54) is 31.9 Å². The summed E-state index contributed by atoms with van der Waals surface area (Å²) >= 11 is 0. The van der Waals surface area contributed by atoms with E-state index >= 15 is 0 Å². The molecule has 1 aromatic heterocycles. The van der Waals surface area contributed by atoms with Crippen molar-refractivity contribution >= 4 is 10.0 Å². The Balaban J connectivity index is 1.77. The third-order valence-electron chi connectivity index (χ3n) is 4.33. The van der Waals surface area contributed by atoms with E-state index in [0.29, 0.717) is 5.92 Å². The van der Waals surface area contributed by atoms with Crippen LogP contribution in [0.3, 0.4) is 0 Å². The second kappa shape index (κ2) is 4.63. The highest BCUT2D eigenvalue weighted by Gasteiger charge is 2.40. The molecule has 1 heterocycles. The van der Waals surface area contributed by atoms with Crippen LogP contribution in [-0.2, 0) is 10.0 Å². The minimum atomic E-state index is -3.39. The topological polar surface area (TPSA) is 59.1 Å². The first kappa shape index (κ1) is 12.1. The molecule has 3 atom stereocenters. The van der Waals surface area contributed by atoms with Gasteiger partial charge >= 0.3 is 0 Å². The summed E-state index contributed by atoms with van der Waals surface area (Å²) < 4.78 is 27.3. The van der Waals surface area contributed by atoms with E-state index in [1.54, 1.807) is 18.3 Å². The fourth-order valence-corrected chi connectivity index (χ4v) is 4.77. The molecule has 2 fully saturated rings. The minimum absolute atomic E-state index is 0.128. The van der Waals surface area contributed by atoms with Crippen LogP contribution >= 0.6 is 0 Å². The number of hydrogen-bond acceptors (Lipinski definition) is 3. The first-order valence-corrected chi connectivity index (χ1v) is 8.07. The standard InChI is InChI=1S/C13H18N2O2S/c16-18(17,11-4-2-8-14-9-11)15-13-7-6-10-3-1-5-12(10)13/h2,4,8-10,12-13,15H,1,3,5-7H2/t10-,12-,13-/m0/s1. The van der Waals surface area contributed by atoms with E-state index in [1.807, 2.05) is 0 Å². The Morgan fingerprint density at radius 2 is 2.11 bits per heavy atom. The second-order valence-corrected chi connectivity index (χ2v) is 7.06. The summed E-state index contributed by atoms with van der Waals surface area (Å²) in [5.41, 5.74) is 0. The van der Waals surface area contributed by atoms with Crippen LogP contribution in [0.4, 0.5) is 0 Å². The quantitative estimate of drug-likeness (QED) is 0.909. The lowest BCUT2D eigenvalue weighted by Gasteiger charge is -2.19. The molecule has 98 valence electrons. The number of rotatable bonds is 3. The molecule has 0 saturated heterocycles. The molecule has 0 aromatic carbocycles. The Kier molecular flexibility index (Phi) is 3.11. The zero-order valence-corrected chi connectivity index (χ0v) is 11.1. The van der Waals surface area contributed by atoms with E-state index in [0.717, 1.165) is 12.3 Å². The van der Waals surface area contributed by atoms with Gasteiger partial charge in [0.15, 0.2) is 0 Å². The summed E-state index contributed by atoms with van der Waals surface area (Å²) in [5.74, 6) is 1.29. The maximum atomic E-state index is 12.2. The van der Waals surface area contributed by atoms with Crippen molar-refractivity contribution in [3.8, 4) is 0 Å². The smallest absolute Gasteiger partial charge is 0.242 e. The monoisotopic (exact) mass is 266 g/mol. The molecule has 0 aliphatic heterocycles. The normalized spacial score (nSPS) is 31.4. The summed E-state index contributed by atoms with van der Waals surface area (Å²) in [7, 11) is -3.39. The number of aromatic nitrogens is 1. The van der Waals surface area contributed by atoms with Gasteiger partial charge in [-0.05, 0) is 43.2 Å². The summed E-state index contributed by atoms with van der Waals surface area (Å²) in [4.78, 5) is 4.14. The lowest BCUT2D eigenvalue weighted by molar-refractivity contribution is 0.400. The van der Waals surface area contributed by atoms with Crippen LogP contribution in [0.2, 0.25) is 0 Å². The van der Waals surface area contributed by atoms with Gasteiger partial charge in [-0.3, -0.25) is 4.98 Å². The van der Waals surface area contributed by atoms with Gasteiger partial charge in [0, 0.05) is 18.4 Å². The second-order valence-electron chi connectivity index (χ2n) is 5.35. The van der Waals surface area contributed by atoms with Crippen molar-refractivity contribution in [1.29, 1.82) is 0 Å². The van der Waals surface area contributed by atoms with E-state index in [4.69, 9.17) is 0 Å². The van der Waals surface area contributed by atoms with Gasteiger partial charge in [-0.15, -0.1) is 0 Å². The third-order valence-corrected chi connectivity index (χ3v) is 5.81. The Bertz CT molecular complexity index is 515. The first-order chi connectivity index (χ1) is 8.67. The van der Waals surface area contributed by atoms with Crippen LogP contribution in [0.1, 0.15) is 32.1 Å². The Labute approximate surface area is 108 Å². The van der Waals surface area contributed by atoms with Gasteiger partial charge in [0.25, 0.3) is 0 Å². The predicted octanol–water partition coefficient (Wildman–Crippen LogP) is 1.94. The molecule has 4 nitrogen and oxygen atoms in total. The molecule has 3 rings (SSSR count). The lowest BCUT2D eigenvalue weighted by Crippen LogP contribution is -2.37. The number of sulfonamides is 1. The third kappa shape index (κ3) is 2.17. The van der Waals surface area contributed by atoms with Crippen LogP contribution in [-0.4, -0.2) is 19.4 Å². The van der Waals surface area contributed by atoms with Gasteiger partial charge in [-0.25, -0.2) is 13.1 Å². The average Bonchev–Trinajstić information content (AvgIpc) is 2.95. The number of nitrogens with zero attached hydrogens (tertiary/aromatic N) is 1. The Hall–Kier alpha value is -0.940. The molecule has 0 unspecified atom stereocenters. The van der Waals surface area contributed by atoms with Crippen molar-refractivity contribution in [1.82, 2.24) is 9.71 Å². The van der Waals surface area contributed by atoms with Gasteiger partial charge in [-0.2, -0.15) is 0 Å². The summed E-state index contributed by atoms with van der Waals surface area (Å²) in [6, 6.07) is 3.38. The fourth-order valence-electron chi connectivity index (χ4n) is 3.48. The largest absolute Gasteiger partial charge is 0.263 e. The van der Waals surface area contributed by atoms with Gasteiger partial charge in [-0.1, -0.05) is 12.8 Å². The summed E-state index contributed by atoms with van der Waals surface area (Å²) in [6.07, 6.45) is 8.84. The van der Waals surface area contributed by atoms with Crippen molar-refractivity contribution < 1.29 is 8.42 Å². The number of hydrogen-bond donors (Lipinski definition) is 1. The van der Waals surface area contributed by atoms with Crippen LogP contribution in [0.5, 0.6) is 0 Å². The lowest BCUT2D eigenvalue weighted by atomic mass is 9.98. The molecule has 1 aromatic rings. The highest BCUT2D eigenvalue weighted by molar-refractivity contribution is 7.89. The van der Waals surface area contributed by atoms with Crippen molar-refractivity contribution in [2.24, 2.45) is 11.8 Å². The molecule has 18 heavy (non-hydrogen) atoms. The summed E-state index contributed by atoms with van der Waals surface area (Å²) in [6.45, 7) is 0. The number of nitrogens with one attached hydrogen (secondary N) is 1. The predicted molar refractivity (Wildman–Crippen MR) is 68.4 cm³/mol. The van der Waals surface area contributed by atoms with Gasteiger partial charge in [0.2, 0.25) is 10.0 Å². The molecule has 2 aliphatic carbocycles. The zero-order chi connectivity index (χ0) is 12.6. The zero-order valence-electron chi connectivity index (χ0n) is 10.2. The van der Waals surface area contributed by atoms with Gasteiger partial charge in [0.05, 0.1) is 0 Å². The highest BCUT2D eigenvalue weighted by Crippen LogP contribution is 2.44. The van der Waals surface area contributed by atoms with Crippen LogP contribution in [0, 0.1) is 11.8 Å². The molecule has 1 N–H and O–H groups in total. The molecule has 5 heteroatoms. The van der Waals surface area contributed by atoms with Gasteiger partial charge < -0.3 is 0 Å². The summed E-state index contributed by atoms with van der Waals surface area (Å²) in [5, 5.41) is 0. The van der Waals surface area contributed by atoms with Crippen LogP contribution in [0.15, 0.2) is 29.4 Å². The number of fused-ring (bicyclic) bond motifs is 1. The number of pyridine rings is 1. The van der Waals surface area contributed by atoms with Gasteiger partial charge in [0.1, 0.15) is 4.90 Å². The van der Waals surface area contributed by atoms with Crippen molar-refractivity contribution in [2.75, 3.05) is 0 Å². The van der Waals surface area contributed by atoms with E-state index in [9.17, 15) is 8.42 Å². The first-order valence-electron chi connectivity index (χ1n) is 6.59. The van der Waals surface area contributed by atoms with Crippen LogP contribution < -0.4 is 4.72 Å². The maximum absolute atomic E-state index is 12.2. The average molecular weight is 266 g/mol. The molecule has 0 radical (unpaired) electrons. The maximum Gasteiger partial charge on any atom is 0.242 e. The minimum Gasteiger partial charge on any atom is -0.263 e. The highest BCUT2D eigenvalue weighted by atomic mass is 32.2. The van der Waals surface area contributed by atoms with Crippen molar-refractivity contribution in [2.45, 2.75) is 43.0 Å². The Morgan fingerprint density at radius 3 is 2.89 bits per heavy atom. The molecule has 0 spiro atoms. The SMILES string of the molecule is O=S(=O)(N[C@H]1CC[C@@H]2CCC[C@@H]21)c1cccnc1. The Morgan fingerprint density at radius 1 is 1.22 bits per heavy atom. The van der Waals surface area contributed by atoms with Crippen LogP contribution in [0.25, 0.3) is 0 Å². The van der Waals surface area contributed by atoms with Crippen molar-refractivity contribution in [3.63, 3.8) is 0 Å². The van der Waals surface area contributed by atoms with E-state index in [-0.39, 0.29) is 10.9 Å². The molecular formula is C13H18N2O2S.